The number of benzene rings is 3. The average Bonchev–Trinajstić information content (AvgIpc) is 3.52. The van der Waals surface area contributed by atoms with E-state index in [0.29, 0.717) is 18.0 Å². The predicted octanol–water partition coefficient (Wildman–Crippen LogP) is 6.97. The van der Waals surface area contributed by atoms with Crippen LogP contribution >= 0.6 is 0 Å². The Hall–Kier alpha value is -4.63. The van der Waals surface area contributed by atoms with E-state index in [1.165, 1.54) is 0 Å². The van der Waals surface area contributed by atoms with Gasteiger partial charge < -0.3 is 9.72 Å². The second-order valence-electron chi connectivity index (χ2n) is 8.66. The van der Waals surface area contributed by atoms with Crippen LogP contribution in [0.25, 0.3) is 39.6 Å². The highest BCUT2D eigenvalue weighted by molar-refractivity contribution is 5.92. The van der Waals surface area contributed by atoms with Gasteiger partial charge in [-0.1, -0.05) is 43.7 Å². The number of fused-ring (bicyclic) bond motifs is 1. The summed E-state index contributed by atoms with van der Waals surface area (Å²) >= 11 is 0. The molecule has 0 saturated heterocycles. The molecule has 2 aromatic heterocycles. The van der Waals surface area contributed by atoms with Crippen molar-refractivity contribution in [1.82, 2.24) is 19.7 Å². The Morgan fingerprint density at radius 3 is 2.64 bits per heavy atom. The van der Waals surface area contributed by atoms with Gasteiger partial charge in [-0.25, -0.2) is 9.67 Å². The van der Waals surface area contributed by atoms with Crippen molar-refractivity contribution in [3.63, 3.8) is 0 Å². The van der Waals surface area contributed by atoms with Crippen LogP contribution in [0, 0.1) is 18.3 Å². The Morgan fingerprint density at radius 1 is 1.08 bits per heavy atom. The standard InChI is InChI=1S/C30H27N5O/c1-3-4-16-36-25-14-15-26(21(2)17-25)29-23(20-35(34-29)24-10-6-5-7-11-24)18-22(19-31)30-32-27-12-8-9-13-28(27)33-30/h5-15,17-18,20H,3-4,16H2,1-2H3,(H,32,33)/b22-18-. The third-order valence-corrected chi connectivity index (χ3v) is 6.05. The molecule has 6 heteroatoms. The number of unbranched alkanes of at least 4 members (excludes halogenated alkanes) is 1. The number of nitrogens with zero attached hydrogens (tertiary/aromatic N) is 4. The van der Waals surface area contributed by atoms with E-state index in [1.807, 2.05) is 89.8 Å². The molecule has 2 heterocycles. The van der Waals surface area contributed by atoms with Crippen LogP contribution in [0.5, 0.6) is 5.75 Å². The van der Waals surface area contributed by atoms with Gasteiger partial charge in [-0.3, -0.25) is 0 Å². The SMILES string of the molecule is CCCCOc1ccc(-c2nn(-c3ccccc3)cc2/C=C(/C#N)c2nc3ccccc3[nH]2)c(C)c1. The summed E-state index contributed by atoms with van der Waals surface area (Å²) in [6.45, 7) is 4.91. The first kappa shape index (κ1) is 23.1. The second-order valence-corrected chi connectivity index (χ2v) is 8.66. The van der Waals surface area contributed by atoms with E-state index in [4.69, 9.17) is 9.84 Å². The number of para-hydroxylation sites is 3. The highest BCUT2D eigenvalue weighted by Crippen LogP contribution is 2.32. The molecule has 5 rings (SSSR count). The minimum absolute atomic E-state index is 0.442. The van der Waals surface area contributed by atoms with Gasteiger partial charge in [0.25, 0.3) is 0 Å². The van der Waals surface area contributed by atoms with Crippen LogP contribution in [0.15, 0.2) is 79.0 Å². The summed E-state index contributed by atoms with van der Waals surface area (Å²) in [7, 11) is 0. The fourth-order valence-corrected chi connectivity index (χ4v) is 4.13. The summed E-state index contributed by atoms with van der Waals surface area (Å²) < 4.78 is 7.75. The number of hydrogen-bond acceptors (Lipinski definition) is 4. The van der Waals surface area contributed by atoms with Crippen molar-refractivity contribution < 1.29 is 4.74 Å². The van der Waals surface area contributed by atoms with Crippen molar-refractivity contribution in [1.29, 1.82) is 5.26 Å². The molecule has 0 radical (unpaired) electrons. The zero-order chi connectivity index (χ0) is 24.9. The molecular weight excluding hydrogens is 446 g/mol. The maximum atomic E-state index is 10.0. The van der Waals surface area contributed by atoms with Gasteiger partial charge in [-0.05, 0) is 67.4 Å². The Balaban J connectivity index is 1.60. The van der Waals surface area contributed by atoms with Crippen LogP contribution in [-0.2, 0) is 0 Å². The molecule has 5 aromatic rings. The number of H-pyrrole nitrogens is 1. The minimum atomic E-state index is 0.442. The number of aryl methyl sites for hydroxylation is 1. The fraction of sp³-hybridized carbons (Fsp3) is 0.167. The normalized spacial score (nSPS) is 11.5. The number of allylic oxidation sites excluding steroid dienone is 1. The maximum absolute atomic E-state index is 10.0. The van der Waals surface area contributed by atoms with Crippen molar-refractivity contribution in [2.45, 2.75) is 26.7 Å². The highest BCUT2D eigenvalue weighted by Gasteiger charge is 2.16. The molecule has 6 nitrogen and oxygen atoms in total. The lowest BCUT2D eigenvalue weighted by Crippen LogP contribution is -1.98. The summed E-state index contributed by atoms with van der Waals surface area (Å²) in [5.41, 5.74) is 6.76. The molecule has 0 bridgehead atoms. The van der Waals surface area contributed by atoms with Crippen LogP contribution in [0.1, 0.15) is 36.7 Å². The summed E-state index contributed by atoms with van der Waals surface area (Å²) in [6, 6.07) is 26.1. The number of nitrogens with one attached hydrogen (secondary N) is 1. The number of imidazole rings is 1. The number of hydrogen-bond donors (Lipinski definition) is 1. The molecule has 0 amide bonds. The first-order chi connectivity index (χ1) is 17.7. The minimum Gasteiger partial charge on any atom is -0.494 e. The molecule has 0 aliphatic rings. The van der Waals surface area contributed by atoms with E-state index < -0.39 is 0 Å². The molecule has 0 aliphatic carbocycles. The van der Waals surface area contributed by atoms with Crippen molar-refractivity contribution in [2.75, 3.05) is 6.61 Å². The highest BCUT2D eigenvalue weighted by atomic mass is 16.5. The van der Waals surface area contributed by atoms with Gasteiger partial charge in [0.15, 0.2) is 0 Å². The van der Waals surface area contributed by atoms with Crippen molar-refractivity contribution in [3.05, 3.63) is 95.9 Å². The van der Waals surface area contributed by atoms with Crippen LogP contribution < -0.4 is 4.74 Å². The van der Waals surface area contributed by atoms with Crippen LogP contribution in [0.4, 0.5) is 0 Å². The van der Waals surface area contributed by atoms with E-state index in [0.717, 1.165) is 57.7 Å². The number of aromatic nitrogens is 4. The van der Waals surface area contributed by atoms with Gasteiger partial charge in [-0.2, -0.15) is 10.4 Å². The molecule has 1 N–H and O–H groups in total. The quantitative estimate of drug-likeness (QED) is 0.195. The second kappa shape index (κ2) is 10.3. The number of ether oxygens (including phenoxy) is 1. The topological polar surface area (TPSA) is 79.5 Å². The number of aromatic amines is 1. The van der Waals surface area contributed by atoms with Crippen LogP contribution in [-0.4, -0.2) is 26.4 Å². The van der Waals surface area contributed by atoms with Crippen LogP contribution in [0.2, 0.25) is 0 Å². The molecule has 178 valence electrons. The maximum Gasteiger partial charge on any atom is 0.149 e. The summed E-state index contributed by atoms with van der Waals surface area (Å²) in [6.07, 6.45) is 5.92. The average molecular weight is 474 g/mol. The molecule has 0 spiro atoms. The molecular formula is C30H27N5O. The van der Waals surface area contributed by atoms with E-state index in [2.05, 4.69) is 29.9 Å². The zero-order valence-corrected chi connectivity index (χ0v) is 20.4. The Kier molecular flexibility index (Phi) is 6.63. The fourth-order valence-electron chi connectivity index (χ4n) is 4.13. The summed E-state index contributed by atoms with van der Waals surface area (Å²) in [5, 5.41) is 15.0. The lowest BCUT2D eigenvalue weighted by atomic mass is 10.0. The van der Waals surface area contributed by atoms with Gasteiger partial charge in [0.2, 0.25) is 0 Å². The third-order valence-electron chi connectivity index (χ3n) is 6.05. The third kappa shape index (κ3) is 4.77. The Bertz CT molecular complexity index is 1540. The largest absolute Gasteiger partial charge is 0.494 e. The van der Waals surface area contributed by atoms with Gasteiger partial charge >= 0.3 is 0 Å². The van der Waals surface area contributed by atoms with Crippen LogP contribution in [0.3, 0.4) is 0 Å². The smallest absolute Gasteiger partial charge is 0.149 e. The van der Waals surface area contributed by atoms with Gasteiger partial charge in [0.05, 0.1) is 28.9 Å². The van der Waals surface area contributed by atoms with E-state index in [-0.39, 0.29) is 0 Å². The lowest BCUT2D eigenvalue weighted by molar-refractivity contribution is 0.309. The lowest BCUT2D eigenvalue weighted by Gasteiger charge is -2.09. The van der Waals surface area contributed by atoms with E-state index in [9.17, 15) is 5.26 Å². The molecule has 0 fully saturated rings. The van der Waals surface area contributed by atoms with Gasteiger partial charge in [0, 0.05) is 17.3 Å². The van der Waals surface area contributed by atoms with Gasteiger partial charge in [-0.15, -0.1) is 0 Å². The summed E-state index contributed by atoms with van der Waals surface area (Å²) in [5.74, 6) is 1.39. The number of rotatable bonds is 8. The predicted molar refractivity (Wildman–Crippen MR) is 144 cm³/mol. The monoisotopic (exact) mass is 473 g/mol. The van der Waals surface area contributed by atoms with E-state index >= 15 is 0 Å². The molecule has 0 atom stereocenters. The summed E-state index contributed by atoms with van der Waals surface area (Å²) in [4.78, 5) is 7.88. The Morgan fingerprint density at radius 2 is 1.89 bits per heavy atom. The first-order valence-electron chi connectivity index (χ1n) is 12.1. The molecule has 0 unspecified atom stereocenters. The van der Waals surface area contributed by atoms with E-state index in [1.54, 1.807) is 0 Å². The Labute approximate surface area is 210 Å². The number of nitriles is 1. The van der Waals surface area contributed by atoms with Crippen molar-refractivity contribution in [3.8, 4) is 28.8 Å². The molecule has 0 saturated carbocycles. The van der Waals surface area contributed by atoms with Gasteiger partial charge in [0.1, 0.15) is 23.3 Å². The molecule has 3 aromatic carbocycles. The molecule has 0 aliphatic heterocycles. The van der Waals surface area contributed by atoms with Crippen molar-refractivity contribution in [2.24, 2.45) is 0 Å². The van der Waals surface area contributed by atoms with Crippen molar-refractivity contribution >= 4 is 22.7 Å². The first-order valence-corrected chi connectivity index (χ1v) is 12.1. The molecule has 36 heavy (non-hydrogen) atoms. The zero-order valence-electron chi connectivity index (χ0n) is 20.4.